The van der Waals surface area contributed by atoms with Crippen LogP contribution >= 0.6 is 0 Å². The number of para-hydroxylation sites is 1. The maximum absolute atomic E-state index is 6.70. The zero-order chi connectivity index (χ0) is 28.7. The molecule has 0 aliphatic heterocycles. The first-order chi connectivity index (χ1) is 20.7. The lowest BCUT2D eigenvalue weighted by atomic mass is 9.97. The highest BCUT2D eigenvalue weighted by Gasteiger charge is 2.11. The van der Waals surface area contributed by atoms with Gasteiger partial charge in [0.1, 0.15) is 6.17 Å². The molecule has 0 radical (unpaired) electrons. The smallest absolute Gasteiger partial charge is 0.101 e. The van der Waals surface area contributed by atoms with Crippen molar-refractivity contribution in [3.63, 3.8) is 0 Å². The van der Waals surface area contributed by atoms with Crippen LogP contribution in [-0.2, 0) is 13.0 Å². The van der Waals surface area contributed by atoms with E-state index in [0.29, 0.717) is 6.54 Å². The van der Waals surface area contributed by atoms with Crippen LogP contribution in [-0.4, -0.2) is 0 Å². The Bertz CT molecular complexity index is 1770. The molecule has 0 fully saturated rings. The highest BCUT2D eigenvalue weighted by Crippen LogP contribution is 2.29. The molecule has 206 valence electrons. The van der Waals surface area contributed by atoms with Crippen LogP contribution in [0, 0.1) is 0 Å². The second-order valence-electron chi connectivity index (χ2n) is 10.6. The number of rotatable bonds is 9. The van der Waals surface area contributed by atoms with Crippen molar-refractivity contribution in [2.45, 2.75) is 19.1 Å². The van der Waals surface area contributed by atoms with Crippen molar-refractivity contribution in [3.05, 3.63) is 174 Å². The van der Waals surface area contributed by atoms with E-state index < -0.39 is 0 Å². The number of hydrogen-bond acceptors (Lipinski definition) is 3. The van der Waals surface area contributed by atoms with Crippen molar-refractivity contribution in [1.29, 1.82) is 0 Å². The average molecular weight is 546 g/mol. The first-order valence-corrected chi connectivity index (χ1v) is 14.4. The number of nitrogens with one attached hydrogen (secondary N) is 1. The fourth-order valence-electron chi connectivity index (χ4n) is 5.40. The van der Waals surface area contributed by atoms with E-state index in [1.165, 1.54) is 33.4 Å². The Morgan fingerprint density at radius 2 is 1.05 bits per heavy atom. The molecule has 6 aromatic carbocycles. The largest absolute Gasteiger partial charge is 0.366 e. The summed E-state index contributed by atoms with van der Waals surface area (Å²) in [6, 6.07) is 53.3. The Labute approximate surface area is 248 Å². The van der Waals surface area contributed by atoms with Crippen LogP contribution in [0.5, 0.6) is 0 Å². The van der Waals surface area contributed by atoms with Gasteiger partial charge in [-0.25, -0.2) is 0 Å². The average Bonchev–Trinajstić information content (AvgIpc) is 3.06. The summed E-state index contributed by atoms with van der Waals surface area (Å²) in [6.07, 6.45) is 0.467. The van der Waals surface area contributed by atoms with Crippen molar-refractivity contribution < 1.29 is 0 Å². The van der Waals surface area contributed by atoms with Gasteiger partial charge in [0.25, 0.3) is 0 Å². The lowest BCUT2D eigenvalue weighted by Crippen LogP contribution is -2.20. The molecule has 42 heavy (non-hydrogen) atoms. The predicted octanol–water partition coefficient (Wildman–Crippen LogP) is 8.81. The predicted molar refractivity (Wildman–Crippen MR) is 177 cm³/mol. The van der Waals surface area contributed by atoms with Crippen molar-refractivity contribution >= 4 is 5.69 Å². The van der Waals surface area contributed by atoms with E-state index in [1.54, 1.807) is 0 Å². The molecule has 1 unspecified atom stereocenters. The maximum atomic E-state index is 6.70. The maximum Gasteiger partial charge on any atom is 0.101 e. The zero-order valence-electron chi connectivity index (χ0n) is 23.6. The van der Waals surface area contributed by atoms with Gasteiger partial charge in [-0.15, -0.1) is 0 Å². The van der Waals surface area contributed by atoms with E-state index >= 15 is 0 Å². The van der Waals surface area contributed by atoms with Crippen LogP contribution in [0.15, 0.2) is 152 Å². The second-order valence-corrected chi connectivity index (χ2v) is 10.6. The standard InChI is InChI=1S/C39H35N3/c40-27-29-9-6-13-32(24-29)35-16-8-17-37(26-35)39(41)42-38-18-5-4-12-36(38)23-28-19-21-31(22-20-28)34-15-7-14-33(25-34)30-10-2-1-3-11-30/h1-22,24-26,39,42H,23,27,40-41H2. The summed E-state index contributed by atoms with van der Waals surface area (Å²) in [5.74, 6) is 0. The Hall–Kier alpha value is -4.96. The van der Waals surface area contributed by atoms with Crippen LogP contribution in [0.1, 0.15) is 28.4 Å². The Morgan fingerprint density at radius 1 is 0.476 bits per heavy atom. The van der Waals surface area contributed by atoms with E-state index in [9.17, 15) is 0 Å². The van der Waals surface area contributed by atoms with Crippen LogP contribution in [0.2, 0.25) is 0 Å². The molecule has 0 saturated heterocycles. The van der Waals surface area contributed by atoms with Gasteiger partial charge >= 0.3 is 0 Å². The first kappa shape index (κ1) is 27.2. The van der Waals surface area contributed by atoms with Crippen molar-refractivity contribution in [1.82, 2.24) is 0 Å². The fourth-order valence-corrected chi connectivity index (χ4v) is 5.40. The third-order valence-corrected chi connectivity index (χ3v) is 7.72. The summed E-state index contributed by atoms with van der Waals surface area (Å²) in [4.78, 5) is 0. The molecule has 3 heteroatoms. The minimum atomic E-state index is -0.344. The highest BCUT2D eigenvalue weighted by atomic mass is 15.0. The molecular formula is C39H35N3. The first-order valence-electron chi connectivity index (χ1n) is 14.4. The van der Waals surface area contributed by atoms with Gasteiger partial charge < -0.3 is 16.8 Å². The third kappa shape index (κ3) is 6.34. The lowest BCUT2D eigenvalue weighted by Gasteiger charge is -2.19. The van der Waals surface area contributed by atoms with Gasteiger partial charge in [-0.2, -0.15) is 0 Å². The lowest BCUT2D eigenvalue weighted by molar-refractivity contribution is 0.833. The highest BCUT2D eigenvalue weighted by molar-refractivity contribution is 5.73. The summed E-state index contributed by atoms with van der Waals surface area (Å²) >= 11 is 0. The molecule has 0 saturated carbocycles. The van der Waals surface area contributed by atoms with Gasteiger partial charge in [0, 0.05) is 12.2 Å². The van der Waals surface area contributed by atoms with E-state index in [0.717, 1.165) is 34.4 Å². The van der Waals surface area contributed by atoms with Gasteiger partial charge in [0.15, 0.2) is 0 Å². The Kier molecular flexibility index (Phi) is 8.23. The molecule has 0 spiro atoms. The minimum absolute atomic E-state index is 0.344. The molecule has 0 amide bonds. The monoisotopic (exact) mass is 545 g/mol. The van der Waals surface area contributed by atoms with E-state index in [1.807, 2.05) is 6.07 Å². The van der Waals surface area contributed by atoms with Crippen LogP contribution < -0.4 is 16.8 Å². The van der Waals surface area contributed by atoms with E-state index in [4.69, 9.17) is 11.5 Å². The van der Waals surface area contributed by atoms with Gasteiger partial charge in [0.05, 0.1) is 0 Å². The number of hydrogen-bond donors (Lipinski definition) is 3. The molecule has 1 atom stereocenters. The Morgan fingerprint density at radius 3 is 1.79 bits per heavy atom. The van der Waals surface area contributed by atoms with Crippen molar-refractivity contribution in [2.24, 2.45) is 11.5 Å². The molecule has 0 aliphatic rings. The van der Waals surface area contributed by atoms with Gasteiger partial charge in [-0.1, -0.05) is 127 Å². The topological polar surface area (TPSA) is 64.1 Å². The Balaban J connectivity index is 1.17. The summed E-state index contributed by atoms with van der Waals surface area (Å²) in [6.45, 7) is 0.523. The van der Waals surface area contributed by atoms with Crippen molar-refractivity contribution in [3.8, 4) is 33.4 Å². The van der Waals surface area contributed by atoms with E-state index in [-0.39, 0.29) is 6.17 Å². The summed E-state index contributed by atoms with van der Waals surface area (Å²) in [7, 11) is 0. The number of anilines is 1. The van der Waals surface area contributed by atoms with Gasteiger partial charge in [0.2, 0.25) is 0 Å². The fraction of sp³-hybridized carbons (Fsp3) is 0.0769. The van der Waals surface area contributed by atoms with Gasteiger partial charge in [-0.3, -0.25) is 0 Å². The molecule has 5 N–H and O–H groups in total. The van der Waals surface area contributed by atoms with E-state index in [2.05, 4.69) is 151 Å². The van der Waals surface area contributed by atoms with Crippen molar-refractivity contribution in [2.75, 3.05) is 5.32 Å². The second kappa shape index (κ2) is 12.7. The summed E-state index contributed by atoms with van der Waals surface area (Å²) < 4.78 is 0. The molecule has 6 aromatic rings. The molecule has 0 aromatic heterocycles. The zero-order valence-corrected chi connectivity index (χ0v) is 23.6. The SMILES string of the molecule is NCc1cccc(-c2cccc(C(N)Nc3ccccc3Cc3ccc(-c4cccc(-c5ccccc5)c4)cc3)c2)c1. The molecule has 0 aliphatic carbocycles. The third-order valence-electron chi connectivity index (χ3n) is 7.72. The molecule has 3 nitrogen and oxygen atoms in total. The van der Waals surface area contributed by atoms with Crippen LogP contribution in [0.4, 0.5) is 5.69 Å². The number of benzene rings is 6. The number of nitrogens with two attached hydrogens (primary N) is 2. The summed E-state index contributed by atoms with van der Waals surface area (Å²) in [5.41, 5.74) is 25.4. The van der Waals surface area contributed by atoms with Crippen LogP contribution in [0.3, 0.4) is 0 Å². The molecular weight excluding hydrogens is 510 g/mol. The summed E-state index contributed by atoms with van der Waals surface area (Å²) in [5, 5.41) is 3.57. The van der Waals surface area contributed by atoms with Gasteiger partial charge in [-0.05, 0) is 86.3 Å². The minimum Gasteiger partial charge on any atom is -0.366 e. The molecule has 0 bridgehead atoms. The normalized spacial score (nSPS) is 11.7. The van der Waals surface area contributed by atoms with Crippen LogP contribution in [0.25, 0.3) is 33.4 Å². The molecule has 0 heterocycles. The molecule has 6 rings (SSSR count). The quantitative estimate of drug-likeness (QED) is 0.159.